The van der Waals surface area contributed by atoms with Crippen molar-refractivity contribution in [3.63, 3.8) is 0 Å². The van der Waals surface area contributed by atoms with Gasteiger partial charge in [-0.2, -0.15) is 0 Å². The molecule has 42 heavy (non-hydrogen) atoms. The van der Waals surface area contributed by atoms with Crippen LogP contribution in [0, 0.1) is 0 Å². The molecule has 0 aliphatic heterocycles. The fourth-order valence-corrected chi connectivity index (χ4v) is 7.67. The number of ether oxygens (including phenoxy) is 1. The predicted molar refractivity (Wildman–Crippen MR) is 168 cm³/mol. The van der Waals surface area contributed by atoms with E-state index in [0.717, 1.165) is 29.7 Å². The Bertz CT molecular complexity index is 1830. The van der Waals surface area contributed by atoms with Crippen molar-refractivity contribution < 1.29 is 14.3 Å². The van der Waals surface area contributed by atoms with Gasteiger partial charge in [-0.05, 0) is 67.5 Å². The molecule has 6 rings (SSSR count). The lowest BCUT2D eigenvalue weighted by Crippen LogP contribution is -2.26. The zero-order valence-electron chi connectivity index (χ0n) is 23.2. The topological polar surface area (TPSA) is 90.3 Å². The molecule has 1 amide bonds. The summed E-state index contributed by atoms with van der Waals surface area (Å²) in [4.78, 5) is 45.9. The molecule has 0 saturated heterocycles. The van der Waals surface area contributed by atoms with Crippen LogP contribution >= 0.6 is 23.1 Å². The number of carbonyl (C=O) groups excluding carboxylic acids is 2. The highest BCUT2D eigenvalue weighted by Crippen LogP contribution is 2.43. The van der Waals surface area contributed by atoms with E-state index >= 15 is 0 Å². The smallest absolute Gasteiger partial charge is 0.341 e. The van der Waals surface area contributed by atoms with Gasteiger partial charge in [0.1, 0.15) is 5.00 Å². The van der Waals surface area contributed by atoms with Crippen LogP contribution < -0.4 is 10.9 Å². The molecule has 7 nitrogen and oxygen atoms in total. The Kier molecular flexibility index (Phi) is 7.95. The highest BCUT2D eigenvalue weighted by molar-refractivity contribution is 8.00. The van der Waals surface area contributed by atoms with Gasteiger partial charge in [-0.1, -0.05) is 72.4 Å². The number of rotatable bonds is 7. The number of amides is 1. The summed E-state index contributed by atoms with van der Waals surface area (Å²) in [5, 5.41) is 3.82. The first kappa shape index (κ1) is 27.9. The minimum Gasteiger partial charge on any atom is -0.465 e. The third kappa shape index (κ3) is 5.37. The van der Waals surface area contributed by atoms with Crippen LogP contribution in [0.1, 0.15) is 45.6 Å². The van der Waals surface area contributed by atoms with Gasteiger partial charge in [-0.25, -0.2) is 9.78 Å². The van der Waals surface area contributed by atoms with Gasteiger partial charge in [-0.15, -0.1) is 11.3 Å². The number of para-hydroxylation sites is 2. The molecular formula is C33H29N3O4S2. The average molecular weight is 596 g/mol. The van der Waals surface area contributed by atoms with Gasteiger partial charge in [0.25, 0.3) is 5.56 Å². The van der Waals surface area contributed by atoms with Crippen molar-refractivity contribution >= 4 is 50.9 Å². The van der Waals surface area contributed by atoms with E-state index in [0.29, 0.717) is 38.2 Å². The van der Waals surface area contributed by atoms with Gasteiger partial charge >= 0.3 is 5.97 Å². The standard InChI is InChI=1S/C33H29N3O4S2/c1-20(41-33-34-26-16-10-9-15-24(26)31(38)36(33)23-13-7-4-8-14-23)29(37)35-30-28(32(39)40-2)25-18-17-22(19-27(25)42-30)21-11-5-3-6-12-21/h3-16,20,22H,17-19H2,1-2H3,(H,35,37). The van der Waals surface area contributed by atoms with E-state index in [4.69, 9.17) is 9.72 Å². The van der Waals surface area contributed by atoms with Crippen molar-refractivity contribution in [3.05, 3.63) is 117 Å². The number of nitrogens with one attached hydrogen (secondary N) is 1. The van der Waals surface area contributed by atoms with E-state index in [1.807, 2.05) is 60.7 Å². The lowest BCUT2D eigenvalue weighted by Gasteiger charge is -2.22. The van der Waals surface area contributed by atoms with Gasteiger partial charge in [0.05, 0.1) is 34.5 Å². The number of carbonyl (C=O) groups is 2. The second-order valence-corrected chi connectivity index (χ2v) is 12.6. The first-order valence-electron chi connectivity index (χ1n) is 13.8. The SMILES string of the molecule is COC(=O)c1c(NC(=O)C(C)Sc2nc3ccccc3c(=O)n2-c2ccccc2)sc2c1CCC(c1ccccc1)C2. The zero-order valence-corrected chi connectivity index (χ0v) is 24.8. The van der Waals surface area contributed by atoms with Gasteiger partial charge in [0.15, 0.2) is 5.16 Å². The molecule has 0 spiro atoms. The van der Waals surface area contributed by atoms with Gasteiger partial charge in [0, 0.05) is 4.88 Å². The van der Waals surface area contributed by atoms with Gasteiger partial charge in [0.2, 0.25) is 5.91 Å². The number of hydrogen-bond donors (Lipinski definition) is 1. The monoisotopic (exact) mass is 595 g/mol. The maximum atomic E-state index is 13.6. The predicted octanol–water partition coefficient (Wildman–Crippen LogP) is 6.63. The Morgan fingerprint density at radius 3 is 2.45 bits per heavy atom. The number of benzene rings is 3. The Hall–Kier alpha value is -4.21. The summed E-state index contributed by atoms with van der Waals surface area (Å²) in [6, 6.07) is 26.9. The second-order valence-electron chi connectivity index (χ2n) is 10.2. The number of hydrogen-bond acceptors (Lipinski definition) is 7. The van der Waals surface area contributed by atoms with Crippen molar-refractivity contribution in [3.8, 4) is 5.69 Å². The van der Waals surface area contributed by atoms with E-state index in [-0.39, 0.29) is 11.5 Å². The molecular weight excluding hydrogens is 567 g/mol. The van der Waals surface area contributed by atoms with Crippen LogP contribution in [-0.2, 0) is 22.4 Å². The number of anilines is 1. The lowest BCUT2D eigenvalue weighted by atomic mass is 9.83. The van der Waals surface area contributed by atoms with Crippen LogP contribution in [0.25, 0.3) is 16.6 Å². The maximum Gasteiger partial charge on any atom is 0.341 e. The van der Waals surface area contributed by atoms with Crippen LogP contribution in [0.4, 0.5) is 5.00 Å². The molecule has 2 heterocycles. The average Bonchev–Trinajstić information content (AvgIpc) is 3.38. The molecule has 0 fully saturated rings. The molecule has 1 aliphatic carbocycles. The van der Waals surface area contributed by atoms with Crippen molar-refractivity contribution in [1.29, 1.82) is 0 Å². The number of nitrogens with zero attached hydrogens (tertiary/aromatic N) is 2. The molecule has 0 saturated carbocycles. The summed E-state index contributed by atoms with van der Waals surface area (Å²) in [5.41, 5.74) is 3.72. The quantitative estimate of drug-likeness (QED) is 0.129. The third-order valence-electron chi connectivity index (χ3n) is 7.57. The number of thiophene rings is 1. The summed E-state index contributed by atoms with van der Waals surface area (Å²) in [5.74, 6) is -0.379. The molecule has 1 N–H and O–H groups in total. The number of fused-ring (bicyclic) bond motifs is 2. The fraction of sp³-hybridized carbons (Fsp3) is 0.212. The Morgan fingerprint density at radius 1 is 1.02 bits per heavy atom. The minimum atomic E-state index is -0.616. The number of thioether (sulfide) groups is 1. The van der Waals surface area contributed by atoms with Crippen LogP contribution in [0.15, 0.2) is 94.9 Å². The van der Waals surface area contributed by atoms with E-state index in [9.17, 15) is 14.4 Å². The highest BCUT2D eigenvalue weighted by atomic mass is 32.2. The van der Waals surface area contributed by atoms with E-state index in [2.05, 4.69) is 17.4 Å². The Balaban J connectivity index is 1.30. The van der Waals surface area contributed by atoms with Crippen LogP contribution in [0.5, 0.6) is 0 Å². The largest absolute Gasteiger partial charge is 0.465 e. The van der Waals surface area contributed by atoms with Gasteiger partial charge in [-0.3, -0.25) is 14.2 Å². The molecule has 0 radical (unpaired) electrons. The molecule has 1 aliphatic rings. The molecule has 0 bridgehead atoms. The van der Waals surface area contributed by atoms with Crippen LogP contribution in [0.2, 0.25) is 0 Å². The summed E-state index contributed by atoms with van der Waals surface area (Å²) >= 11 is 2.65. The molecule has 212 valence electrons. The summed E-state index contributed by atoms with van der Waals surface area (Å²) in [6.07, 6.45) is 2.46. The molecule has 2 atom stereocenters. The molecule has 2 aromatic heterocycles. The van der Waals surface area contributed by atoms with Crippen molar-refractivity contribution in [2.24, 2.45) is 0 Å². The fourth-order valence-electron chi connectivity index (χ4n) is 5.42. The molecule has 5 aromatic rings. The Morgan fingerprint density at radius 2 is 1.71 bits per heavy atom. The van der Waals surface area contributed by atoms with E-state index in [1.165, 1.54) is 35.8 Å². The second kappa shape index (κ2) is 12.0. The molecule has 9 heteroatoms. The zero-order chi connectivity index (χ0) is 29.2. The summed E-state index contributed by atoms with van der Waals surface area (Å²) in [6.45, 7) is 1.77. The highest BCUT2D eigenvalue weighted by Gasteiger charge is 2.31. The summed E-state index contributed by atoms with van der Waals surface area (Å²) in [7, 11) is 1.36. The number of aromatic nitrogens is 2. The molecule has 3 aromatic carbocycles. The van der Waals surface area contributed by atoms with Crippen LogP contribution in [0.3, 0.4) is 0 Å². The maximum absolute atomic E-state index is 13.6. The van der Waals surface area contributed by atoms with E-state index in [1.54, 1.807) is 23.6 Å². The van der Waals surface area contributed by atoms with Crippen LogP contribution in [-0.4, -0.2) is 33.8 Å². The lowest BCUT2D eigenvalue weighted by molar-refractivity contribution is -0.115. The Labute approximate surface area is 251 Å². The summed E-state index contributed by atoms with van der Waals surface area (Å²) < 4.78 is 6.68. The van der Waals surface area contributed by atoms with Crippen molar-refractivity contribution in [2.75, 3.05) is 12.4 Å². The number of esters is 1. The first-order valence-corrected chi connectivity index (χ1v) is 15.5. The third-order valence-corrected chi connectivity index (χ3v) is 9.80. The number of methoxy groups -OCH3 is 1. The van der Waals surface area contributed by atoms with Crippen molar-refractivity contribution in [2.45, 2.75) is 42.5 Å². The minimum absolute atomic E-state index is 0.200. The van der Waals surface area contributed by atoms with Gasteiger partial charge < -0.3 is 10.1 Å². The van der Waals surface area contributed by atoms with E-state index < -0.39 is 11.2 Å². The molecule has 2 unspecified atom stereocenters. The van der Waals surface area contributed by atoms with Crippen molar-refractivity contribution in [1.82, 2.24) is 9.55 Å². The first-order chi connectivity index (χ1) is 20.4. The normalized spacial score (nSPS) is 15.1.